The minimum absolute atomic E-state index is 0.0128. The van der Waals surface area contributed by atoms with E-state index < -0.39 is 11.8 Å². The van der Waals surface area contributed by atoms with Crippen molar-refractivity contribution < 1.29 is 19.1 Å². The van der Waals surface area contributed by atoms with E-state index in [9.17, 15) is 9.59 Å². The van der Waals surface area contributed by atoms with E-state index in [-0.39, 0.29) is 17.2 Å². The molecule has 1 fully saturated rings. The third-order valence-corrected chi connectivity index (χ3v) is 4.16. The van der Waals surface area contributed by atoms with E-state index in [1.807, 2.05) is 13.0 Å². The molecule has 2 rings (SSSR count). The molecular formula is C20H22N2O4S. The van der Waals surface area contributed by atoms with Crippen molar-refractivity contribution in [1.82, 2.24) is 10.2 Å². The molecule has 0 aliphatic carbocycles. The Morgan fingerprint density at radius 3 is 2.59 bits per heavy atom. The van der Waals surface area contributed by atoms with Crippen LogP contribution in [0.3, 0.4) is 0 Å². The van der Waals surface area contributed by atoms with Gasteiger partial charge in [-0.2, -0.15) is 0 Å². The van der Waals surface area contributed by atoms with Crippen LogP contribution in [0.25, 0.3) is 6.08 Å². The summed E-state index contributed by atoms with van der Waals surface area (Å²) in [5.74, 6) is 0.131. The van der Waals surface area contributed by atoms with Crippen LogP contribution in [0.4, 0.5) is 0 Å². The molecule has 1 aromatic rings. The van der Waals surface area contributed by atoms with Crippen molar-refractivity contribution in [1.29, 1.82) is 0 Å². The summed E-state index contributed by atoms with van der Waals surface area (Å²) in [4.78, 5) is 26.2. The van der Waals surface area contributed by atoms with Crippen molar-refractivity contribution in [2.24, 2.45) is 0 Å². The fourth-order valence-electron chi connectivity index (χ4n) is 2.69. The van der Waals surface area contributed by atoms with Gasteiger partial charge in [-0.25, -0.2) is 0 Å². The lowest BCUT2D eigenvalue weighted by atomic mass is 10.0. The van der Waals surface area contributed by atoms with Crippen molar-refractivity contribution in [2.75, 3.05) is 20.3 Å². The number of ether oxygens (including phenoxy) is 2. The van der Waals surface area contributed by atoms with Gasteiger partial charge in [0.15, 0.2) is 16.6 Å². The molecule has 142 valence electrons. The lowest BCUT2D eigenvalue weighted by molar-refractivity contribution is -0.128. The van der Waals surface area contributed by atoms with Crippen LogP contribution < -0.4 is 14.8 Å². The van der Waals surface area contributed by atoms with Crippen molar-refractivity contribution in [3.63, 3.8) is 0 Å². The fraction of sp³-hybridized carbons (Fsp3) is 0.250. The van der Waals surface area contributed by atoms with Gasteiger partial charge in [0.25, 0.3) is 11.8 Å². The molecule has 0 unspecified atom stereocenters. The number of nitrogens with zero attached hydrogens (tertiary/aromatic N) is 1. The lowest BCUT2D eigenvalue weighted by Crippen LogP contribution is -2.53. The number of carbonyl (C=O) groups excluding carboxylic acids is 2. The van der Waals surface area contributed by atoms with Gasteiger partial charge in [-0.15, -0.1) is 13.2 Å². The van der Waals surface area contributed by atoms with Gasteiger partial charge >= 0.3 is 0 Å². The standard InChI is InChI=1S/C20H22N2O4S/c1-5-8-14-10-13(12-16(25-4)17(14)26-7-3)11-15-18(23)21-20(27)22(9-6-2)19(15)24/h5-6,10-12H,1-2,7-9H2,3-4H3,(H,21,23,27)/b15-11+. The zero-order valence-corrected chi connectivity index (χ0v) is 16.2. The highest BCUT2D eigenvalue weighted by atomic mass is 32.1. The third-order valence-electron chi connectivity index (χ3n) is 3.84. The number of methoxy groups -OCH3 is 1. The number of allylic oxidation sites excluding steroid dienone is 1. The highest BCUT2D eigenvalue weighted by Gasteiger charge is 2.32. The lowest BCUT2D eigenvalue weighted by Gasteiger charge is -2.27. The first-order valence-electron chi connectivity index (χ1n) is 8.41. The number of carbonyl (C=O) groups is 2. The summed E-state index contributed by atoms with van der Waals surface area (Å²) in [5, 5.41) is 2.59. The van der Waals surface area contributed by atoms with E-state index >= 15 is 0 Å². The smallest absolute Gasteiger partial charge is 0.265 e. The minimum atomic E-state index is -0.538. The van der Waals surface area contributed by atoms with Crippen LogP contribution in [0, 0.1) is 0 Å². The molecule has 7 heteroatoms. The Hall–Kier alpha value is -2.93. The predicted molar refractivity (Wildman–Crippen MR) is 109 cm³/mol. The third kappa shape index (κ3) is 4.43. The van der Waals surface area contributed by atoms with Gasteiger partial charge < -0.3 is 9.47 Å². The summed E-state index contributed by atoms with van der Waals surface area (Å²) in [6, 6.07) is 3.56. The summed E-state index contributed by atoms with van der Waals surface area (Å²) in [6.07, 6.45) is 5.36. The maximum atomic E-state index is 12.7. The molecule has 0 saturated carbocycles. The topological polar surface area (TPSA) is 67.9 Å². The normalized spacial score (nSPS) is 15.6. The summed E-state index contributed by atoms with van der Waals surface area (Å²) >= 11 is 5.06. The molecule has 27 heavy (non-hydrogen) atoms. The molecule has 0 bridgehead atoms. The number of hydrogen-bond acceptors (Lipinski definition) is 5. The highest BCUT2D eigenvalue weighted by molar-refractivity contribution is 7.80. The Morgan fingerprint density at radius 1 is 1.26 bits per heavy atom. The minimum Gasteiger partial charge on any atom is -0.493 e. The Labute approximate surface area is 164 Å². The monoisotopic (exact) mass is 386 g/mol. The largest absolute Gasteiger partial charge is 0.493 e. The van der Waals surface area contributed by atoms with Gasteiger partial charge in [0, 0.05) is 12.1 Å². The second-order valence-corrected chi connectivity index (χ2v) is 6.05. The van der Waals surface area contributed by atoms with E-state index in [1.54, 1.807) is 18.2 Å². The number of amides is 2. The molecule has 2 amide bonds. The van der Waals surface area contributed by atoms with Crippen LogP contribution in [0.1, 0.15) is 18.1 Å². The number of thiocarbonyl (C=S) groups is 1. The Kier molecular flexibility index (Phi) is 6.90. The molecule has 1 aromatic carbocycles. The molecule has 6 nitrogen and oxygen atoms in total. The van der Waals surface area contributed by atoms with Gasteiger partial charge in [0.2, 0.25) is 0 Å². The number of hydrogen-bond donors (Lipinski definition) is 1. The molecule has 1 aliphatic heterocycles. The zero-order valence-electron chi connectivity index (χ0n) is 15.4. The summed E-state index contributed by atoms with van der Waals surface area (Å²) in [7, 11) is 1.54. The van der Waals surface area contributed by atoms with Gasteiger partial charge in [-0.05, 0) is 49.3 Å². The molecule has 0 aromatic heterocycles. The zero-order chi connectivity index (χ0) is 20.0. The predicted octanol–water partition coefficient (Wildman–Crippen LogP) is 2.64. The van der Waals surface area contributed by atoms with Gasteiger partial charge in [0.1, 0.15) is 5.57 Å². The summed E-state index contributed by atoms with van der Waals surface area (Å²) < 4.78 is 11.1. The number of nitrogens with one attached hydrogen (secondary N) is 1. The van der Waals surface area contributed by atoms with E-state index in [0.29, 0.717) is 30.1 Å². The van der Waals surface area contributed by atoms with Crippen molar-refractivity contribution in [3.05, 3.63) is 54.1 Å². The molecule has 1 aliphatic rings. The second-order valence-electron chi connectivity index (χ2n) is 5.66. The maximum absolute atomic E-state index is 12.7. The van der Waals surface area contributed by atoms with E-state index in [1.165, 1.54) is 18.1 Å². The van der Waals surface area contributed by atoms with Gasteiger partial charge in [0.05, 0.1) is 13.7 Å². The average molecular weight is 386 g/mol. The van der Waals surface area contributed by atoms with E-state index in [0.717, 1.165) is 5.56 Å². The molecule has 0 radical (unpaired) electrons. The summed E-state index contributed by atoms with van der Waals surface area (Å²) in [6.45, 7) is 9.95. The van der Waals surface area contributed by atoms with Crippen LogP contribution in [0.5, 0.6) is 11.5 Å². The van der Waals surface area contributed by atoms with Gasteiger partial charge in [-0.1, -0.05) is 12.2 Å². The van der Waals surface area contributed by atoms with Crippen molar-refractivity contribution in [3.8, 4) is 11.5 Å². The summed E-state index contributed by atoms with van der Waals surface area (Å²) in [5.41, 5.74) is 1.47. The Balaban J connectivity index is 2.52. The van der Waals surface area contributed by atoms with E-state index in [2.05, 4.69) is 18.5 Å². The van der Waals surface area contributed by atoms with Crippen LogP contribution >= 0.6 is 12.2 Å². The molecule has 1 heterocycles. The maximum Gasteiger partial charge on any atom is 0.265 e. The Bertz CT molecular complexity index is 830. The molecule has 0 atom stereocenters. The first-order chi connectivity index (χ1) is 13.0. The van der Waals surface area contributed by atoms with Crippen LogP contribution in [-0.2, 0) is 16.0 Å². The molecule has 0 spiro atoms. The quantitative estimate of drug-likeness (QED) is 0.322. The van der Waals surface area contributed by atoms with Crippen molar-refractivity contribution >= 4 is 35.2 Å². The van der Waals surface area contributed by atoms with Gasteiger partial charge in [-0.3, -0.25) is 19.8 Å². The number of rotatable bonds is 8. The fourth-order valence-corrected chi connectivity index (χ4v) is 2.94. The van der Waals surface area contributed by atoms with Crippen LogP contribution in [-0.4, -0.2) is 42.1 Å². The number of benzene rings is 1. The van der Waals surface area contributed by atoms with E-state index in [4.69, 9.17) is 21.7 Å². The molecule has 1 N–H and O–H groups in total. The first-order valence-corrected chi connectivity index (χ1v) is 8.81. The SMILES string of the molecule is C=CCc1cc(/C=C2\C(=O)NC(=S)N(CC=C)C2=O)cc(OC)c1OCC. The van der Waals surface area contributed by atoms with Crippen LogP contribution in [0.2, 0.25) is 0 Å². The van der Waals surface area contributed by atoms with Crippen molar-refractivity contribution in [2.45, 2.75) is 13.3 Å². The molecule has 1 saturated heterocycles. The molecular weight excluding hydrogens is 364 g/mol. The Morgan fingerprint density at radius 2 is 2.00 bits per heavy atom. The second kappa shape index (κ2) is 9.14. The van der Waals surface area contributed by atoms with Crippen LogP contribution in [0.15, 0.2) is 43.0 Å². The highest BCUT2D eigenvalue weighted by Crippen LogP contribution is 2.34. The average Bonchev–Trinajstić information content (AvgIpc) is 2.64. The first kappa shape index (κ1) is 20.4.